The van der Waals surface area contributed by atoms with E-state index in [1.807, 2.05) is 29.7 Å². The predicted molar refractivity (Wildman–Crippen MR) is 95.4 cm³/mol. The fourth-order valence-electron chi connectivity index (χ4n) is 2.56. The zero-order valence-electron chi connectivity index (χ0n) is 14.2. The summed E-state index contributed by atoms with van der Waals surface area (Å²) >= 11 is 0. The van der Waals surface area contributed by atoms with Crippen molar-refractivity contribution in [2.75, 3.05) is 5.32 Å². The first-order chi connectivity index (χ1) is 11.2. The Morgan fingerprint density at radius 3 is 2.42 bits per heavy atom. The van der Waals surface area contributed by atoms with Gasteiger partial charge in [-0.25, -0.2) is 4.98 Å². The number of nitro groups is 1. The van der Waals surface area contributed by atoms with E-state index < -0.39 is 4.92 Å². The monoisotopic (exact) mass is 324 g/mol. The first-order valence-electron chi connectivity index (χ1n) is 7.76. The summed E-state index contributed by atoms with van der Waals surface area (Å²) in [7, 11) is 0. The van der Waals surface area contributed by atoms with Crippen molar-refractivity contribution >= 4 is 17.2 Å². The molecule has 0 unspecified atom stereocenters. The molecule has 3 rings (SSSR count). The summed E-state index contributed by atoms with van der Waals surface area (Å²) < 4.78 is 2.01. The highest BCUT2D eigenvalue weighted by atomic mass is 16.6. The van der Waals surface area contributed by atoms with Gasteiger partial charge in [0.1, 0.15) is 17.2 Å². The standard InChI is InChI=1S/C18H20N4O2/c1-12-9-10-21-15(11-12)19-16(17(21)20-18(2,3)4)13-5-7-14(8-6-13)22(23)24/h5-11,20H,1-4H3. The number of nitro benzene ring substituents is 1. The summed E-state index contributed by atoms with van der Waals surface area (Å²) in [5, 5.41) is 14.3. The van der Waals surface area contributed by atoms with Crippen molar-refractivity contribution in [3.05, 3.63) is 58.3 Å². The van der Waals surface area contributed by atoms with E-state index in [1.54, 1.807) is 12.1 Å². The average Bonchev–Trinajstić information content (AvgIpc) is 2.83. The van der Waals surface area contributed by atoms with Crippen molar-refractivity contribution < 1.29 is 4.92 Å². The van der Waals surface area contributed by atoms with E-state index in [9.17, 15) is 10.1 Å². The number of nitrogens with zero attached hydrogens (tertiary/aromatic N) is 3. The number of fused-ring (bicyclic) bond motifs is 1. The lowest BCUT2D eigenvalue weighted by Gasteiger charge is -2.22. The van der Waals surface area contributed by atoms with Gasteiger partial charge in [0, 0.05) is 29.4 Å². The molecule has 0 radical (unpaired) electrons. The molecule has 0 aliphatic carbocycles. The Morgan fingerprint density at radius 2 is 1.83 bits per heavy atom. The van der Waals surface area contributed by atoms with Crippen LogP contribution in [0.2, 0.25) is 0 Å². The van der Waals surface area contributed by atoms with Crippen LogP contribution in [0.25, 0.3) is 16.9 Å². The molecule has 0 bridgehead atoms. The molecular formula is C18H20N4O2. The molecule has 2 heterocycles. The average molecular weight is 324 g/mol. The zero-order chi connectivity index (χ0) is 17.5. The number of pyridine rings is 1. The number of anilines is 1. The highest BCUT2D eigenvalue weighted by molar-refractivity contribution is 5.77. The van der Waals surface area contributed by atoms with Crippen molar-refractivity contribution in [3.63, 3.8) is 0 Å². The van der Waals surface area contributed by atoms with Gasteiger partial charge < -0.3 is 5.32 Å². The number of hydrogen-bond donors (Lipinski definition) is 1. The molecule has 0 spiro atoms. The van der Waals surface area contributed by atoms with E-state index >= 15 is 0 Å². The van der Waals surface area contributed by atoms with E-state index in [0.717, 1.165) is 28.3 Å². The van der Waals surface area contributed by atoms with Crippen LogP contribution in [0.4, 0.5) is 11.5 Å². The molecule has 0 saturated heterocycles. The number of aromatic nitrogens is 2. The summed E-state index contributed by atoms with van der Waals surface area (Å²) in [6.45, 7) is 8.28. The molecule has 0 saturated carbocycles. The fraction of sp³-hybridized carbons (Fsp3) is 0.278. The highest BCUT2D eigenvalue weighted by Gasteiger charge is 2.19. The van der Waals surface area contributed by atoms with E-state index in [0.29, 0.717) is 0 Å². The van der Waals surface area contributed by atoms with Gasteiger partial charge in [0.15, 0.2) is 0 Å². The van der Waals surface area contributed by atoms with Crippen molar-refractivity contribution in [2.45, 2.75) is 33.2 Å². The Hall–Kier alpha value is -2.89. The third-order valence-corrected chi connectivity index (χ3v) is 3.63. The molecule has 0 aliphatic heterocycles. The van der Waals surface area contributed by atoms with Gasteiger partial charge in [-0.2, -0.15) is 0 Å². The minimum absolute atomic E-state index is 0.0729. The number of non-ortho nitro benzene ring substituents is 1. The second-order valence-corrected chi connectivity index (χ2v) is 6.92. The van der Waals surface area contributed by atoms with E-state index in [-0.39, 0.29) is 11.2 Å². The van der Waals surface area contributed by atoms with Crippen molar-refractivity contribution in [3.8, 4) is 11.3 Å². The van der Waals surface area contributed by atoms with Crippen LogP contribution in [-0.2, 0) is 0 Å². The second-order valence-electron chi connectivity index (χ2n) is 6.92. The molecule has 0 amide bonds. The maximum atomic E-state index is 10.9. The van der Waals surface area contributed by atoms with Gasteiger partial charge in [-0.3, -0.25) is 14.5 Å². The molecule has 0 fully saturated rings. The SMILES string of the molecule is Cc1ccn2c(NC(C)(C)C)c(-c3ccc([N+](=O)[O-])cc3)nc2c1. The molecule has 124 valence electrons. The van der Waals surface area contributed by atoms with Crippen LogP contribution >= 0.6 is 0 Å². The molecule has 24 heavy (non-hydrogen) atoms. The Balaban J connectivity index is 2.18. The smallest absolute Gasteiger partial charge is 0.269 e. The lowest BCUT2D eigenvalue weighted by molar-refractivity contribution is -0.384. The quantitative estimate of drug-likeness (QED) is 0.571. The summed E-state index contributed by atoms with van der Waals surface area (Å²) in [6.07, 6.45) is 1.99. The van der Waals surface area contributed by atoms with Crippen molar-refractivity contribution in [1.29, 1.82) is 0 Å². The van der Waals surface area contributed by atoms with Crippen molar-refractivity contribution in [1.82, 2.24) is 9.38 Å². The van der Waals surface area contributed by atoms with Gasteiger partial charge in [-0.05, 0) is 57.5 Å². The van der Waals surface area contributed by atoms with Crippen LogP contribution in [0, 0.1) is 17.0 Å². The Labute approximate surface area is 140 Å². The Bertz CT molecular complexity index is 905. The highest BCUT2D eigenvalue weighted by Crippen LogP contribution is 2.32. The van der Waals surface area contributed by atoms with Gasteiger partial charge in [-0.15, -0.1) is 0 Å². The topological polar surface area (TPSA) is 72.5 Å². The largest absolute Gasteiger partial charge is 0.365 e. The van der Waals surface area contributed by atoms with Gasteiger partial charge >= 0.3 is 0 Å². The lowest BCUT2D eigenvalue weighted by atomic mass is 10.1. The van der Waals surface area contributed by atoms with E-state index in [1.165, 1.54) is 12.1 Å². The van der Waals surface area contributed by atoms with Gasteiger partial charge in [0.2, 0.25) is 0 Å². The number of nitrogens with one attached hydrogen (secondary N) is 1. The molecule has 1 aromatic carbocycles. The van der Waals surface area contributed by atoms with Crippen LogP contribution in [0.1, 0.15) is 26.3 Å². The number of rotatable bonds is 3. The van der Waals surface area contributed by atoms with Crippen LogP contribution < -0.4 is 5.32 Å². The third kappa shape index (κ3) is 3.08. The maximum absolute atomic E-state index is 10.9. The number of imidazole rings is 1. The van der Waals surface area contributed by atoms with Crippen LogP contribution in [0.5, 0.6) is 0 Å². The molecule has 0 atom stereocenters. The Morgan fingerprint density at radius 1 is 1.17 bits per heavy atom. The fourth-order valence-corrected chi connectivity index (χ4v) is 2.56. The molecule has 3 aromatic rings. The first kappa shape index (κ1) is 16.0. The van der Waals surface area contributed by atoms with Crippen LogP contribution in [0.3, 0.4) is 0 Å². The van der Waals surface area contributed by atoms with Gasteiger partial charge in [-0.1, -0.05) is 0 Å². The minimum Gasteiger partial charge on any atom is -0.365 e. The van der Waals surface area contributed by atoms with Crippen LogP contribution in [-0.4, -0.2) is 19.8 Å². The first-order valence-corrected chi connectivity index (χ1v) is 7.76. The summed E-state index contributed by atoms with van der Waals surface area (Å²) in [5.74, 6) is 0.881. The van der Waals surface area contributed by atoms with E-state index in [2.05, 4.69) is 26.1 Å². The molecule has 1 N–H and O–H groups in total. The zero-order valence-corrected chi connectivity index (χ0v) is 14.2. The van der Waals surface area contributed by atoms with Crippen molar-refractivity contribution in [2.24, 2.45) is 0 Å². The summed E-state index contributed by atoms with van der Waals surface area (Å²) in [5.41, 5.74) is 3.53. The Kier molecular flexibility index (Phi) is 3.75. The molecule has 6 heteroatoms. The van der Waals surface area contributed by atoms with Gasteiger partial charge in [0.05, 0.1) is 4.92 Å². The number of benzene rings is 1. The molecule has 0 aliphatic rings. The summed E-state index contributed by atoms with van der Waals surface area (Å²) in [4.78, 5) is 15.2. The van der Waals surface area contributed by atoms with Crippen LogP contribution in [0.15, 0.2) is 42.6 Å². The third-order valence-electron chi connectivity index (χ3n) is 3.63. The van der Waals surface area contributed by atoms with Gasteiger partial charge in [0.25, 0.3) is 5.69 Å². The van der Waals surface area contributed by atoms with E-state index in [4.69, 9.17) is 4.98 Å². The second kappa shape index (κ2) is 5.63. The maximum Gasteiger partial charge on any atom is 0.269 e. The number of hydrogen-bond acceptors (Lipinski definition) is 4. The predicted octanol–water partition coefficient (Wildman–Crippen LogP) is 4.43. The molecule has 2 aromatic heterocycles. The summed E-state index contributed by atoms with van der Waals surface area (Å²) in [6, 6.07) is 10.5. The molecular weight excluding hydrogens is 304 g/mol. The normalized spacial score (nSPS) is 11.7. The minimum atomic E-state index is -0.398. The number of aryl methyl sites for hydroxylation is 1. The lowest BCUT2D eigenvalue weighted by Crippen LogP contribution is -2.27. The molecule has 6 nitrogen and oxygen atoms in total.